The fraction of sp³-hybridized carbons (Fsp3) is 0.217. The topological polar surface area (TPSA) is 46.6 Å². The van der Waals surface area contributed by atoms with E-state index in [-0.39, 0.29) is 5.69 Å². The first-order valence-corrected chi connectivity index (χ1v) is 9.22. The molecule has 0 unspecified atom stereocenters. The molecule has 0 N–H and O–H groups in total. The lowest BCUT2D eigenvalue weighted by molar-refractivity contribution is -0.152. The van der Waals surface area contributed by atoms with Gasteiger partial charge >= 0.3 is 5.97 Å². The van der Waals surface area contributed by atoms with Crippen LogP contribution in [0.1, 0.15) is 31.1 Å². The standard InChI is InChI=1S/C23H20F3NO3/c1-23(2,3)30-20(28)13-27(17-9-8-14-6-4-5-7-15(14)10-17)22(29)21-18(25)11-16(24)12-19(21)26/h4-12H,13H2,1-3H3. The van der Waals surface area contributed by atoms with Crippen molar-refractivity contribution in [1.29, 1.82) is 0 Å². The summed E-state index contributed by atoms with van der Waals surface area (Å²) in [4.78, 5) is 26.4. The number of carbonyl (C=O) groups excluding carboxylic acids is 2. The maximum atomic E-state index is 14.3. The largest absolute Gasteiger partial charge is 0.459 e. The van der Waals surface area contributed by atoms with Crippen molar-refractivity contribution in [3.63, 3.8) is 0 Å². The van der Waals surface area contributed by atoms with E-state index in [1.807, 2.05) is 12.1 Å². The molecule has 0 bridgehead atoms. The van der Waals surface area contributed by atoms with Crippen LogP contribution in [0, 0.1) is 17.5 Å². The van der Waals surface area contributed by atoms with Crippen molar-refractivity contribution in [1.82, 2.24) is 0 Å². The van der Waals surface area contributed by atoms with Gasteiger partial charge in [0.1, 0.15) is 35.2 Å². The summed E-state index contributed by atoms with van der Waals surface area (Å²) >= 11 is 0. The number of ether oxygens (including phenoxy) is 1. The highest BCUT2D eigenvalue weighted by molar-refractivity contribution is 6.09. The molecule has 0 spiro atoms. The molecule has 0 radical (unpaired) electrons. The molecule has 1 amide bonds. The molecule has 4 nitrogen and oxygen atoms in total. The Morgan fingerprint density at radius 2 is 1.50 bits per heavy atom. The van der Waals surface area contributed by atoms with Crippen LogP contribution in [0.4, 0.5) is 18.9 Å². The number of carbonyl (C=O) groups is 2. The van der Waals surface area contributed by atoms with Crippen LogP contribution in [0.25, 0.3) is 10.8 Å². The highest BCUT2D eigenvalue weighted by Gasteiger charge is 2.29. The van der Waals surface area contributed by atoms with Crippen molar-refractivity contribution in [3.05, 3.63) is 77.6 Å². The smallest absolute Gasteiger partial charge is 0.326 e. The molecule has 0 saturated carbocycles. The summed E-state index contributed by atoms with van der Waals surface area (Å²) < 4.78 is 47.1. The number of fused-ring (bicyclic) bond motifs is 1. The molecule has 3 aromatic carbocycles. The fourth-order valence-electron chi connectivity index (χ4n) is 3.01. The van der Waals surface area contributed by atoms with Crippen molar-refractivity contribution in [2.75, 3.05) is 11.4 Å². The van der Waals surface area contributed by atoms with Gasteiger partial charge < -0.3 is 4.74 Å². The second kappa shape index (κ2) is 8.18. The Hall–Kier alpha value is -3.35. The van der Waals surface area contributed by atoms with Crippen LogP contribution in [0.2, 0.25) is 0 Å². The number of nitrogens with zero attached hydrogens (tertiary/aromatic N) is 1. The number of hydrogen-bond donors (Lipinski definition) is 0. The molecule has 156 valence electrons. The molecule has 0 atom stereocenters. The van der Waals surface area contributed by atoms with Crippen molar-refractivity contribution in [2.24, 2.45) is 0 Å². The monoisotopic (exact) mass is 415 g/mol. The molecule has 3 aromatic rings. The molecule has 0 aliphatic rings. The minimum absolute atomic E-state index is 0.243. The van der Waals surface area contributed by atoms with Crippen LogP contribution in [-0.2, 0) is 9.53 Å². The summed E-state index contributed by atoms with van der Waals surface area (Å²) in [7, 11) is 0. The van der Waals surface area contributed by atoms with Gasteiger partial charge in [-0.2, -0.15) is 0 Å². The molecular formula is C23H20F3NO3. The number of rotatable bonds is 4. The zero-order valence-electron chi connectivity index (χ0n) is 16.7. The van der Waals surface area contributed by atoms with Crippen LogP contribution < -0.4 is 4.90 Å². The summed E-state index contributed by atoms with van der Waals surface area (Å²) in [6.45, 7) is 4.40. The van der Waals surface area contributed by atoms with Gasteiger partial charge in [-0.15, -0.1) is 0 Å². The predicted octanol–water partition coefficient (Wildman–Crippen LogP) is 5.25. The van der Waals surface area contributed by atoms with Crippen molar-refractivity contribution >= 4 is 28.3 Å². The number of esters is 1. The number of halogens is 3. The van der Waals surface area contributed by atoms with Gasteiger partial charge in [-0.1, -0.05) is 30.3 Å². The van der Waals surface area contributed by atoms with Crippen LogP contribution in [0.5, 0.6) is 0 Å². The Morgan fingerprint density at radius 1 is 0.900 bits per heavy atom. The van der Waals surface area contributed by atoms with Gasteiger partial charge in [0.15, 0.2) is 0 Å². The maximum absolute atomic E-state index is 14.3. The molecular weight excluding hydrogens is 395 g/mol. The Balaban J connectivity index is 2.06. The predicted molar refractivity (Wildman–Crippen MR) is 108 cm³/mol. The van der Waals surface area contributed by atoms with E-state index in [0.717, 1.165) is 15.7 Å². The lowest BCUT2D eigenvalue weighted by Gasteiger charge is -2.26. The van der Waals surface area contributed by atoms with Gasteiger partial charge in [-0.25, -0.2) is 13.2 Å². The van der Waals surface area contributed by atoms with Crippen LogP contribution in [-0.4, -0.2) is 24.0 Å². The van der Waals surface area contributed by atoms with Crippen molar-refractivity contribution < 1.29 is 27.5 Å². The van der Waals surface area contributed by atoms with Crippen LogP contribution >= 0.6 is 0 Å². The zero-order valence-corrected chi connectivity index (χ0v) is 16.7. The average molecular weight is 415 g/mol. The van der Waals surface area contributed by atoms with Gasteiger partial charge in [0.2, 0.25) is 0 Å². The van der Waals surface area contributed by atoms with E-state index < -0.39 is 47.0 Å². The van der Waals surface area contributed by atoms with Gasteiger partial charge in [-0.05, 0) is 43.7 Å². The summed E-state index contributed by atoms with van der Waals surface area (Å²) in [5, 5.41) is 1.64. The lowest BCUT2D eigenvalue weighted by Crippen LogP contribution is -2.39. The van der Waals surface area contributed by atoms with Crippen LogP contribution in [0.15, 0.2) is 54.6 Å². The number of hydrogen-bond acceptors (Lipinski definition) is 3. The number of amides is 1. The van der Waals surface area contributed by atoms with Gasteiger partial charge in [-0.3, -0.25) is 14.5 Å². The van der Waals surface area contributed by atoms with E-state index in [4.69, 9.17) is 4.74 Å². The summed E-state index contributed by atoms with van der Waals surface area (Å²) in [5.41, 5.74) is -1.53. The molecule has 0 saturated heterocycles. The van der Waals surface area contributed by atoms with Gasteiger partial charge in [0, 0.05) is 17.8 Å². The SMILES string of the molecule is CC(C)(C)OC(=O)CN(C(=O)c1c(F)cc(F)cc1F)c1ccc2ccccc2c1. The molecule has 30 heavy (non-hydrogen) atoms. The molecule has 7 heteroatoms. The van der Waals surface area contributed by atoms with Crippen molar-refractivity contribution in [2.45, 2.75) is 26.4 Å². The normalized spacial score (nSPS) is 11.4. The zero-order chi connectivity index (χ0) is 22.1. The Labute approximate surface area is 171 Å². The van der Waals surface area contributed by atoms with E-state index >= 15 is 0 Å². The van der Waals surface area contributed by atoms with E-state index in [2.05, 4.69) is 0 Å². The second-order valence-corrected chi connectivity index (χ2v) is 7.75. The minimum Gasteiger partial charge on any atom is -0.459 e. The molecule has 0 heterocycles. The molecule has 0 fully saturated rings. The Kier molecular flexibility index (Phi) is 5.82. The summed E-state index contributed by atoms with van der Waals surface area (Å²) in [6.07, 6.45) is 0. The highest BCUT2D eigenvalue weighted by atomic mass is 19.1. The number of anilines is 1. The van der Waals surface area contributed by atoms with E-state index in [9.17, 15) is 22.8 Å². The van der Waals surface area contributed by atoms with E-state index in [1.165, 1.54) is 0 Å². The van der Waals surface area contributed by atoms with Gasteiger partial charge in [0.05, 0.1) is 0 Å². The van der Waals surface area contributed by atoms with Crippen molar-refractivity contribution in [3.8, 4) is 0 Å². The first-order valence-electron chi connectivity index (χ1n) is 9.22. The summed E-state index contributed by atoms with van der Waals surface area (Å²) in [5.74, 6) is -5.73. The average Bonchev–Trinajstić information content (AvgIpc) is 2.63. The molecule has 0 aromatic heterocycles. The van der Waals surface area contributed by atoms with E-state index in [0.29, 0.717) is 12.1 Å². The quantitative estimate of drug-likeness (QED) is 0.547. The Morgan fingerprint density at radius 3 is 2.10 bits per heavy atom. The second-order valence-electron chi connectivity index (χ2n) is 7.75. The lowest BCUT2D eigenvalue weighted by atomic mass is 10.1. The van der Waals surface area contributed by atoms with E-state index in [1.54, 1.807) is 51.1 Å². The molecule has 0 aliphatic heterocycles. The maximum Gasteiger partial charge on any atom is 0.326 e. The third-order valence-corrected chi connectivity index (χ3v) is 4.22. The third kappa shape index (κ3) is 4.79. The van der Waals surface area contributed by atoms with Crippen LogP contribution in [0.3, 0.4) is 0 Å². The molecule has 0 aliphatic carbocycles. The first-order chi connectivity index (χ1) is 14.0. The molecule has 3 rings (SSSR count). The number of benzene rings is 3. The summed E-state index contributed by atoms with van der Waals surface area (Å²) in [6, 6.07) is 13.0. The first kappa shape index (κ1) is 21.4. The fourth-order valence-corrected chi connectivity index (χ4v) is 3.01. The minimum atomic E-state index is -1.35. The highest BCUT2D eigenvalue weighted by Crippen LogP contribution is 2.26. The van der Waals surface area contributed by atoms with Gasteiger partial charge in [0.25, 0.3) is 5.91 Å². The third-order valence-electron chi connectivity index (χ3n) is 4.22. The Bertz CT molecular complexity index is 1100.